The van der Waals surface area contributed by atoms with Crippen molar-refractivity contribution < 1.29 is 18.7 Å². The fourth-order valence-electron chi connectivity index (χ4n) is 3.88. The van der Waals surface area contributed by atoms with Crippen LogP contribution in [0.5, 0.6) is 0 Å². The van der Waals surface area contributed by atoms with E-state index in [1.807, 2.05) is 6.07 Å². The highest BCUT2D eigenvalue weighted by Crippen LogP contribution is 2.41. The van der Waals surface area contributed by atoms with Crippen molar-refractivity contribution in [3.05, 3.63) is 64.5 Å². The fraction of sp³-hybridized carbons (Fsp3) is 0.348. The first kappa shape index (κ1) is 19.6. The van der Waals surface area contributed by atoms with Gasteiger partial charge in [0.25, 0.3) is 5.91 Å². The minimum Gasteiger partial charge on any atom is -0.487 e. The second kappa shape index (κ2) is 8.35. The molecule has 1 N–H and O–H groups in total. The van der Waals surface area contributed by atoms with Crippen molar-refractivity contribution in [1.82, 2.24) is 4.90 Å². The Bertz CT molecular complexity index is 971. The van der Waals surface area contributed by atoms with E-state index in [0.717, 1.165) is 43.8 Å². The van der Waals surface area contributed by atoms with Gasteiger partial charge in [-0.05, 0) is 36.7 Å². The summed E-state index contributed by atoms with van der Waals surface area (Å²) in [6.07, 6.45) is 0.936. The van der Waals surface area contributed by atoms with Crippen molar-refractivity contribution in [2.24, 2.45) is 0 Å². The molecular formula is C23H25FN2O3. The molecular weight excluding hydrogens is 371 g/mol. The van der Waals surface area contributed by atoms with Crippen LogP contribution < -0.4 is 5.32 Å². The Labute approximate surface area is 170 Å². The van der Waals surface area contributed by atoms with E-state index < -0.39 is 0 Å². The number of amides is 1. The van der Waals surface area contributed by atoms with Crippen LogP contribution in [0.4, 0.5) is 10.1 Å². The molecule has 2 aromatic rings. The van der Waals surface area contributed by atoms with Gasteiger partial charge in [-0.3, -0.25) is 4.79 Å². The zero-order chi connectivity index (χ0) is 20.4. The van der Waals surface area contributed by atoms with Gasteiger partial charge in [0, 0.05) is 42.6 Å². The van der Waals surface area contributed by atoms with Crippen LogP contribution in [0, 0.1) is 5.82 Å². The standard InChI is InChI=1S/C23H25FN2O3/c1-3-26(10-11-28-2)9-8-15-4-6-18-16(12-15)14-29-22(18)21-19-13-17(24)5-7-20(19)25-23(21)27/h4-7,12-13H,3,8-11,14H2,1-2H3,(H,25,27)/b22-21+. The lowest BCUT2D eigenvalue weighted by Gasteiger charge is -2.19. The Morgan fingerprint density at radius 2 is 2.03 bits per heavy atom. The minimum absolute atomic E-state index is 0.255. The number of anilines is 1. The van der Waals surface area contributed by atoms with Gasteiger partial charge in [0.15, 0.2) is 0 Å². The second-order valence-corrected chi connectivity index (χ2v) is 7.31. The van der Waals surface area contributed by atoms with Gasteiger partial charge >= 0.3 is 0 Å². The van der Waals surface area contributed by atoms with Crippen LogP contribution in [0.2, 0.25) is 0 Å². The molecule has 0 unspecified atom stereocenters. The first-order valence-electron chi connectivity index (χ1n) is 9.92. The van der Waals surface area contributed by atoms with Crippen LogP contribution in [0.1, 0.15) is 29.2 Å². The largest absolute Gasteiger partial charge is 0.487 e. The van der Waals surface area contributed by atoms with Crippen molar-refractivity contribution in [3.8, 4) is 0 Å². The van der Waals surface area contributed by atoms with Gasteiger partial charge in [-0.2, -0.15) is 0 Å². The summed E-state index contributed by atoms with van der Waals surface area (Å²) in [6.45, 7) is 6.16. The lowest BCUT2D eigenvalue weighted by molar-refractivity contribution is -0.110. The number of benzene rings is 2. The summed E-state index contributed by atoms with van der Waals surface area (Å²) in [5, 5.41) is 2.79. The topological polar surface area (TPSA) is 50.8 Å². The number of rotatable bonds is 7. The molecule has 0 spiro atoms. The van der Waals surface area contributed by atoms with Gasteiger partial charge in [0.1, 0.15) is 18.2 Å². The van der Waals surface area contributed by atoms with E-state index in [9.17, 15) is 9.18 Å². The van der Waals surface area contributed by atoms with Crippen molar-refractivity contribution in [2.75, 3.05) is 38.7 Å². The number of methoxy groups -OCH3 is 1. The lowest BCUT2D eigenvalue weighted by atomic mass is 9.98. The van der Waals surface area contributed by atoms with E-state index >= 15 is 0 Å². The number of carbonyl (C=O) groups is 1. The quantitative estimate of drug-likeness (QED) is 0.726. The SMILES string of the molecule is CCN(CCOC)CCc1ccc2c(c1)CO/C2=C1/C(=O)Nc2ccc(F)cc21. The maximum atomic E-state index is 13.7. The number of ether oxygens (including phenoxy) is 2. The molecule has 0 aromatic heterocycles. The molecule has 0 fully saturated rings. The molecule has 29 heavy (non-hydrogen) atoms. The van der Waals surface area contributed by atoms with E-state index in [1.165, 1.54) is 17.7 Å². The van der Waals surface area contributed by atoms with Gasteiger partial charge in [0.2, 0.25) is 0 Å². The number of hydrogen-bond donors (Lipinski definition) is 1. The summed E-state index contributed by atoms with van der Waals surface area (Å²) in [7, 11) is 1.72. The molecule has 2 aliphatic heterocycles. The third-order valence-electron chi connectivity index (χ3n) is 5.52. The molecule has 2 aromatic carbocycles. The smallest absolute Gasteiger partial charge is 0.260 e. The molecule has 1 amide bonds. The highest BCUT2D eigenvalue weighted by molar-refractivity contribution is 6.36. The Kier molecular flexibility index (Phi) is 5.65. The van der Waals surface area contributed by atoms with Crippen LogP contribution in [0.25, 0.3) is 11.3 Å². The van der Waals surface area contributed by atoms with Crippen LogP contribution >= 0.6 is 0 Å². The molecule has 152 valence electrons. The average molecular weight is 396 g/mol. The monoisotopic (exact) mass is 396 g/mol. The zero-order valence-electron chi connectivity index (χ0n) is 16.8. The maximum Gasteiger partial charge on any atom is 0.260 e. The van der Waals surface area contributed by atoms with Crippen LogP contribution in [-0.2, 0) is 27.3 Å². The number of hydrogen-bond acceptors (Lipinski definition) is 4. The number of nitrogens with zero attached hydrogens (tertiary/aromatic N) is 1. The molecule has 0 saturated carbocycles. The minimum atomic E-state index is -0.374. The number of fused-ring (bicyclic) bond motifs is 2. The third-order valence-corrected chi connectivity index (χ3v) is 5.52. The van der Waals surface area contributed by atoms with Crippen LogP contribution in [-0.4, -0.2) is 44.2 Å². The Hall–Kier alpha value is -2.70. The molecule has 0 radical (unpaired) electrons. The Balaban J connectivity index is 1.57. The molecule has 0 bridgehead atoms. The predicted octanol–water partition coefficient (Wildman–Crippen LogP) is 3.69. The van der Waals surface area contributed by atoms with Crippen molar-refractivity contribution in [3.63, 3.8) is 0 Å². The molecule has 2 heterocycles. The Morgan fingerprint density at radius 1 is 1.17 bits per heavy atom. The molecule has 6 heteroatoms. The lowest BCUT2D eigenvalue weighted by Crippen LogP contribution is -2.29. The Morgan fingerprint density at radius 3 is 2.83 bits per heavy atom. The van der Waals surface area contributed by atoms with E-state index in [-0.39, 0.29) is 11.7 Å². The molecule has 0 atom stereocenters. The number of nitrogens with one attached hydrogen (secondary N) is 1. The highest BCUT2D eigenvalue weighted by Gasteiger charge is 2.32. The maximum absolute atomic E-state index is 13.7. The van der Waals surface area contributed by atoms with E-state index in [4.69, 9.17) is 9.47 Å². The zero-order valence-corrected chi connectivity index (χ0v) is 16.8. The number of halogens is 1. The first-order valence-corrected chi connectivity index (χ1v) is 9.92. The van der Waals surface area contributed by atoms with Gasteiger partial charge in [-0.1, -0.05) is 25.1 Å². The summed E-state index contributed by atoms with van der Waals surface area (Å²) in [6, 6.07) is 10.5. The number of carbonyl (C=O) groups excluding carboxylic acids is 1. The van der Waals surface area contributed by atoms with Crippen molar-refractivity contribution >= 4 is 22.9 Å². The first-order chi connectivity index (χ1) is 14.1. The van der Waals surface area contributed by atoms with Crippen molar-refractivity contribution in [2.45, 2.75) is 20.0 Å². The van der Waals surface area contributed by atoms with Crippen LogP contribution in [0.3, 0.4) is 0 Å². The van der Waals surface area contributed by atoms with E-state index in [1.54, 1.807) is 13.2 Å². The fourth-order valence-corrected chi connectivity index (χ4v) is 3.88. The normalized spacial score (nSPS) is 17.3. The molecule has 0 aliphatic carbocycles. The average Bonchev–Trinajstić information content (AvgIpc) is 3.27. The van der Waals surface area contributed by atoms with Gasteiger partial charge < -0.3 is 19.7 Å². The summed E-state index contributed by atoms with van der Waals surface area (Å²) in [5.41, 5.74) is 4.77. The number of likely N-dealkylation sites (N-methyl/N-ethyl adjacent to an activating group) is 1. The molecule has 2 aliphatic rings. The van der Waals surface area contributed by atoms with Gasteiger partial charge in [0.05, 0.1) is 12.2 Å². The summed E-state index contributed by atoms with van der Waals surface area (Å²) in [5.74, 6) is -0.0983. The second-order valence-electron chi connectivity index (χ2n) is 7.31. The molecule has 0 saturated heterocycles. The van der Waals surface area contributed by atoms with Gasteiger partial charge in [-0.25, -0.2) is 4.39 Å². The molecule has 4 rings (SSSR count). The van der Waals surface area contributed by atoms with Crippen molar-refractivity contribution in [1.29, 1.82) is 0 Å². The third kappa shape index (κ3) is 3.91. The summed E-state index contributed by atoms with van der Waals surface area (Å²) in [4.78, 5) is 14.9. The van der Waals surface area contributed by atoms with E-state index in [0.29, 0.717) is 29.2 Å². The van der Waals surface area contributed by atoms with E-state index in [2.05, 4.69) is 29.3 Å². The van der Waals surface area contributed by atoms with Crippen LogP contribution in [0.15, 0.2) is 36.4 Å². The van der Waals surface area contributed by atoms with Gasteiger partial charge in [-0.15, -0.1) is 0 Å². The molecule has 5 nitrogen and oxygen atoms in total. The highest BCUT2D eigenvalue weighted by atomic mass is 19.1. The predicted molar refractivity (Wildman–Crippen MR) is 111 cm³/mol. The summed E-state index contributed by atoms with van der Waals surface area (Å²) >= 11 is 0. The summed E-state index contributed by atoms with van der Waals surface area (Å²) < 4.78 is 24.8.